The van der Waals surface area contributed by atoms with Gasteiger partial charge in [-0.1, -0.05) is 0 Å². The molecule has 0 fully saturated rings. The highest BCUT2D eigenvalue weighted by molar-refractivity contribution is 9.10. The average Bonchev–Trinajstić information content (AvgIpc) is 2.23. The second kappa shape index (κ2) is 6.42. The van der Waals surface area contributed by atoms with Gasteiger partial charge in [0.25, 0.3) is 0 Å². The van der Waals surface area contributed by atoms with E-state index in [2.05, 4.69) is 21.2 Å². The second-order valence-corrected chi connectivity index (χ2v) is 5.22. The molecule has 1 aromatic carbocycles. The predicted molar refractivity (Wildman–Crippen MR) is 68.9 cm³/mol. The van der Waals surface area contributed by atoms with Gasteiger partial charge in [-0.25, -0.2) is 8.78 Å². The van der Waals surface area contributed by atoms with Gasteiger partial charge in [-0.2, -0.15) is 0 Å². The highest BCUT2D eigenvalue weighted by atomic mass is 79.9. The highest BCUT2D eigenvalue weighted by Gasteiger charge is 2.13. The molecule has 1 N–H and O–H groups in total. The minimum Gasteiger partial charge on any atom is -0.309 e. The van der Waals surface area contributed by atoms with Gasteiger partial charge in [-0.05, 0) is 49.1 Å². The molecule has 0 aliphatic rings. The smallest absolute Gasteiger partial charge is 0.144 e. The molecule has 1 unspecified atom stereocenters. The van der Waals surface area contributed by atoms with Crippen LogP contribution in [-0.2, 0) is 6.54 Å². The molecular weight excluding hydrogens is 290 g/mol. The van der Waals surface area contributed by atoms with Crippen molar-refractivity contribution in [1.29, 1.82) is 0 Å². The van der Waals surface area contributed by atoms with Crippen molar-refractivity contribution in [2.75, 3.05) is 20.6 Å². The highest BCUT2D eigenvalue weighted by Crippen LogP contribution is 2.21. The summed E-state index contributed by atoms with van der Waals surface area (Å²) in [6.07, 6.45) is 0. The minimum absolute atomic E-state index is 0.0741. The maximum absolute atomic E-state index is 13.6. The van der Waals surface area contributed by atoms with Crippen LogP contribution in [0, 0.1) is 11.6 Å². The van der Waals surface area contributed by atoms with E-state index in [1.165, 1.54) is 12.1 Å². The summed E-state index contributed by atoms with van der Waals surface area (Å²) in [6, 6.07) is 2.81. The van der Waals surface area contributed by atoms with Crippen molar-refractivity contribution in [2.45, 2.75) is 19.5 Å². The molecule has 1 atom stereocenters. The van der Waals surface area contributed by atoms with Crippen LogP contribution < -0.4 is 5.32 Å². The number of hydrogen-bond acceptors (Lipinski definition) is 2. The zero-order valence-electron chi connectivity index (χ0n) is 10.2. The molecule has 96 valence electrons. The Morgan fingerprint density at radius 3 is 2.59 bits per heavy atom. The monoisotopic (exact) mass is 306 g/mol. The Hall–Kier alpha value is -0.520. The van der Waals surface area contributed by atoms with Crippen molar-refractivity contribution in [3.8, 4) is 0 Å². The number of benzene rings is 1. The van der Waals surface area contributed by atoms with Crippen LogP contribution in [0.15, 0.2) is 16.6 Å². The van der Waals surface area contributed by atoms with Gasteiger partial charge in [0.2, 0.25) is 0 Å². The van der Waals surface area contributed by atoms with Gasteiger partial charge in [-0.3, -0.25) is 0 Å². The zero-order chi connectivity index (χ0) is 13.0. The van der Waals surface area contributed by atoms with Crippen molar-refractivity contribution >= 4 is 15.9 Å². The van der Waals surface area contributed by atoms with Crippen molar-refractivity contribution < 1.29 is 8.78 Å². The third-order valence-corrected chi connectivity index (χ3v) is 3.02. The fourth-order valence-electron chi connectivity index (χ4n) is 1.62. The molecule has 0 saturated carbocycles. The topological polar surface area (TPSA) is 15.3 Å². The van der Waals surface area contributed by atoms with Gasteiger partial charge < -0.3 is 10.2 Å². The second-order valence-electron chi connectivity index (χ2n) is 4.37. The predicted octanol–water partition coefficient (Wildman–Crippen LogP) is 2.77. The Balaban J connectivity index is 2.66. The summed E-state index contributed by atoms with van der Waals surface area (Å²) in [7, 11) is 3.91. The lowest BCUT2D eigenvalue weighted by molar-refractivity contribution is 0.346. The van der Waals surface area contributed by atoms with E-state index in [1.807, 2.05) is 25.9 Å². The molecule has 0 bridgehead atoms. The fourth-order valence-corrected chi connectivity index (χ4v) is 1.99. The molecule has 0 spiro atoms. The first kappa shape index (κ1) is 14.5. The molecule has 17 heavy (non-hydrogen) atoms. The number of likely N-dealkylation sites (N-methyl/N-ethyl adjacent to an activating group) is 1. The van der Waals surface area contributed by atoms with Crippen LogP contribution in [0.5, 0.6) is 0 Å². The van der Waals surface area contributed by atoms with Gasteiger partial charge in [0.1, 0.15) is 11.6 Å². The molecular formula is C12H17BrF2N2. The summed E-state index contributed by atoms with van der Waals surface area (Å²) in [5.41, 5.74) is 0.0741. The Morgan fingerprint density at radius 2 is 2.00 bits per heavy atom. The van der Waals surface area contributed by atoms with E-state index in [4.69, 9.17) is 0 Å². The summed E-state index contributed by atoms with van der Waals surface area (Å²) in [5.74, 6) is -1.05. The van der Waals surface area contributed by atoms with E-state index in [9.17, 15) is 8.78 Å². The first-order valence-corrected chi connectivity index (χ1v) is 6.21. The van der Waals surface area contributed by atoms with Crippen molar-refractivity contribution in [2.24, 2.45) is 0 Å². The average molecular weight is 307 g/mol. The van der Waals surface area contributed by atoms with Crippen LogP contribution in [0.25, 0.3) is 0 Å². The van der Waals surface area contributed by atoms with E-state index >= 15 is 0 Å². The van der Waals surface area contributed by atoms with Gasteiger partial charge in [0, 0.05) is 24.7 Å². The number of nitrogens with zero attached hydrogens (tertiary/aromatic N) is 1. The standard InChI is InChI=1S/C12H17BrF2N2/c1-8(7-17(2)3)16-6-9-11(14)5-4-10(13)12(9)15/h4-5,8,16H,6-7H2,1-3H3. The molecule has 0 amide bonds. The van der Waals surface area contributed by atoms with E-state index < -0.39 is 11.6 Å². The largest absolute Gasteiger partial charge is 0.309 e. The molecule has 5 heteroatoms. The maximum Gasteiger partial charge on any atom is 0.144 e. The summed E-state index contributed by atoms with van der Waals surface area (Å²) in [5, 5.41) is 3.10. The molecule has 0 aromatic heterocycles. The molecule has 1 rings (SSSR count). The van der Waals surface area contributed by atoms with Gasteiger partial charge in [0.05, 0.1) is 4.47 Å². The number of rotatable bonds is 5. The third-order valence-electron chi connectivity index (χ3n) is 2.41. The summed E-state index contributed by atoms with van der Waals surface area (Å²) in [6.45, 7) is 2.98. The number of halogens is 3. The Kier molecular flexibility index (Phi) is 5.49. The van der Waals surface area contributed by atoms with E-state index in [-0.39, 0.29) is 22.6 Å². The zero-order valence-corrected chi connectivity index (χ0v) is 11.8. The number of nitrogens with one attached hydrogen (secondary N) is 1. The van der Waals surface area contributed by atoms with Crippen LogP contribution in [-0.4, -0.2) is 31.6 Å². The van der Waals surface area contributed by atoms with Crippen molar-refractivity contribution in [3.05, 3.63) is 33.8 Å². The summed E-state index contributed by atoms with van der Waals surface area (Å²) >= 11 is 3.05. The van der Waals surface area contributed by atoms with Crippen LogP contribution >= 0.6 is 15.9 Å². The van der Waals surface area contributed by atoms with Crippen molar-refractivity contribution in [3.63, 3.8) is 0 Å². The fraction of sp³-hybridized carbons (Fsp3) is 0.500. The lowest BCUT2D eigenvalue weighted by atomic mass is 10.2. The molecule has 0 radical (unpaired) electrons. The lowest BCUT2D eigenvalue weighted by Crippen LogP contribution is -2.35. The van der Waals surface area contributed by atoms with Gasteiger partial charge >= 0.3 is 0 Å². The maximum atomic E-state index is 13.6. The molecule has 1 aromatic rings. The number of hydrogen-bond donors (Lipinski definition) is 1. The van der Waals surface area contributed by atoms with Crippen LogP contribution in [0.1, 0.15) is 12.5 Å². The molecule has 0 aliphatic heterocycles. The quantitative estimate of drug-likeness (QED) is 0.842. The van der Waals surface area contributed by atoms with Crippen molar-refractivity contribution in [1.82, 2.24) is 10.2 Å². The Bertz CT molecular complexity index is 383. The minimum atomic E-state index is -0.533. The summed E-state index contributed by atoms with van der Waals surface area (Å²) < 4.78 is 27.4. The van der Waals surface area contributed by atoms with E-state index in [0.29, 0.717) is 0 Å². The SMILES string of the molecule is CC(CN(C)C)NCc1c(F)ccc(Br)c1F. The van der Waals surface area contributed by atoms with E-state index in [1.54, 1.807) is 0 Å². The van der Waals surface area contributed by atoms with Gasteiger partial charge in [0.15, 0.2) is 0 Å². The van der Waals surface area contributed by atoms with Crippen LogP contribution in [0.4, 0.5) is 8.78 Å². The Labute approximate surface area is 109 Å². The molecule has 0 heterocycles. The summed E-state index contributed by atoms with van der Waals surface area (Å²) in [4.78, 5) is 2.02. The van der Waals surface area contributed by atoms with Gasteiger partial charge in [-0.15, -0.1) is 0 Å². The van der Waals surface area contributed by atoms with E-state index in [0.717, 1.165) is 6.54 Å². The van der Waals surface area contributed by atoms with Crippen LogP contribution in [0.3, 0.4) is 0 Å². The normalized spacial score (nSPS) is 13.1. The first-order chi connectivity index (χ1) is 7.91. The third kappa shape index (κ3) is 4.33. The first-order valence-electron chi connectivity index (χ1n) is 5.42. The molecule has 0 saturated heterocycles. The molecule has 2 nitrogen and oxygen atoms in total. The Morgan fingerprint density at radius 1 is 1.35 bits per heavy atom. The van der Waals surface area contributed by atoms with Crippen LogP contribution in [0.2, 0.25) is 0 Å². The lowest BCUT2D eigenvalue weighted by Gasteiger charge is -2.18. The molecule has 0 aliphatic carbocycles.